The molecule has 0 aliphatic rings. The molecule has 0 radical (unpaired) electrons. The predicted molar refractivity (Wildman–Crippen MR) is 84.3 cm³/mol. The van der Waals surface area contributed by atoms with Crippen molar-refractivity contribution in [2.24, 2.45) is 0 Å². The van der Waals surface area contributed by atoms with Crippen LogP contribution in [0.4, 0.5) is 0 Å². The van der Waals surface area contributed by atoms with Crippen LogP contribution in [0.2, 0.25) is 0 Å². The Morgan fingerprint density at radius 2 is 1.86 bits per heavy atom. The lowest BCUT2D eigenvalue weighted by molar-refractivity contribution is 0.471. The normalized spacial score (nSPS) is 10.5. The SMILES string of the molecule is Cc1cc(Cc2ccc3ccccc3c2C#N)ccc1O. The smallest absolute Gasteiger partial charge is 0.118 e. The molecule has 0 fully saturated rings. The number of benzene rings is 3. The number of aromatic hydroxyl groups is 1. The number of hydrogen-bond donors (Lipinski definition) is 1. The van der Waals surface area contributed by atoms with Crippen molar-refractivity contribution in [3.63, 3.8) is 0 Å². The molecule has 0 amide bonds. The maximum absolute atomic E-state index is 9.60. The second kappa shape index (κ2) is 5.30. The minimum absolute atomic E-state index is 0.303. The number of nitrogens with zero attached hydrogens (tertiary/aromatic N) is 1. The minimum atomic E-state index is 0.303. The Morgan fingerprint density at radius 3 is 2.62 bits per heavy atom. The van der Waals surface area contributed by atoms with Crippen molar-refractivity contribution < 1.29 is 5.11 Å². The second-order valence-electron chi connectivity index (χ2n) is 5.23. The van der Waals surface area contributed by atoms with E-state index < -0.39 is 0 Å². The summed E-state index contributed by atoms with van der Waals surface area (Å²) in [6, 6.07) is 19.9. The number of rotatable bonds is 2. The first-order valence-corrected chi connectivity index (χ1v) is 6.88. The minimum Gasteiger partial charge on any atom is -0.508 e. The van der Waals surface area contributed by atoms with Gasteiger partial charge in [-0.15, -0.1) is 0 Å². The van der Waals surface area contributed by atoms with Gasteiger partial charge in [0.2, 0.25) is 0 Å². The van der Waals surface area contributed by atoms with Gasteiger partial charge in [0.05, 0.1) is 5.56 Å². The third kappa shape index (κ3) is 2.46. The van der Waals surface area contributed by atoms with E-state index in [-0.39, 0.29) is 0 Å². The van der Waals surface area contributed by atoms with Crippen molar-refractivity contribution in [1.82, 2.24) is 0 Å². The fourth-order valence-electron chi connectivity index (χ4n) is 2.64. The fraction of sp³-hybridized carbons (Fsp3) is 0.105. The topological polar surface area (TPSA) is 44.0 Å². The molecule has 0 aliphatic heterocycles. The molecule has 21 heavy (non-hydrogen) atoms. The van der Waals surface area contributed by atoms with Gasteiger partial charge in [-0.05, 0) is 46.9 Å². The van der Waals surface area contributed by atoms with Crippen molar-refractivity contribution in [3.05, 3.63) is 76.9 Å². The van der Waals surface area contributed by atoms with E-state index in [9.17, 15) is 10.4 Å². The zero-order valence-electron chi connectivity index (χ0n) is 11.8. The van der Waals surface area contributed by atoms with Crippen LogP contribution in [0.5, 0.6) is 5.75 Å². The molecule has 0 unspecified atom stereocenters. The monoisotopic (exact) mass is 273 g/mol. The Bertz CT molecular complexity index is 859. The lowest BCUT2D eigenvalue weighted by atomic mass is 9.94. The molecule has 1 N–H and O–H groups in total. The van der Waals surface area contributed by atoms with Gasteiger partial charge in [0.25, 0.3) is 0 Å². The van der Waals surface area contributed by atoms with E-state index >= 15 is 0 Å². The highest BCUT2D eigenvalue weighted by atomic mass is 16.3. The molecule has 3 aromatic carbocycles. The van der Waals surface area contributed by atoms with Gasteiger partial charge in [-0.1, -0.05) is 48.5 Å². The zero-order chi connectivity index (χ0) is 14.8. The molecule has 0 heterocycles. The van der Waals surface area contributed by atoms with Gasteiger partial charge < -0.3 is 5.11 Å². The average Bonchev–Trinajstić information content (AvgIpc) is 2.51. The zero-order valence-corrected chi connectivity index (χ0v) is 11.8. The number of aryl methyl sites for hydroxylation is 1. The van der Waals surface area contributed by atoms with Crippen LogP contribution in [-0.4, -0.2) is 5.11 Å². The van der Waals surface area contributed by atoms with Gasteiger partial charge >= 0.3 is 0 Å². The molecule has 0 spiro atoms. The van der Waals surface area contributed by atoms with Crippen LogP contribution in [0.15, 0.2) is 54.6 Å². The molecule has 102 valence electrons. The van der Waals surface area contributed by atoms with Crippen LogP contribution in [0, 0.1) is 18.3 Å². The lowest BCUT2D eigenvalue weighted by Gasteiger charge is -2.09. The van der Waals surface area contributed by atoms with Crippen LogP contribution < -0.4 is 0 Å². The molecule has 2 nitrogen and oxygen atoms in total. The second-order valence-corrected chi connectivity index (χ2v) is 5.23. The summed E-state index contributed by atoms with van der Waals surface area (Å²) in [4.78, 5) is 0. The van der Waals surface area contributed by atoms with Crippen LogP contribution in [0.1, 0.15) is 22.3 Å². The number of phenolic OH excluding ortho intramolecular Hbond substituents is 1. The van der Waals surface area contributed by atoms with E-state index in [0.29, 0.717) is 12.2 Å². The van der Waals surface area contributed by atoms with E-state index in [0.717, 1.165) is 33.0 Å². The van der Waals surface area contributed by atoms with Gasteiger partial charge in [-0.25, -0.2) is 0 Å². The maximum Gasteiger partial charge on any atom is 0.118 e. The van der Waals surface area contributed by atoms with Crippen molar-refractivity contribution in [3.8, 4) is 11.8 Å². The standard InChI is InChI=1S/C19H15NO/c1-13-10-14(6-9-19(13)21)11-16-8-7-15-4-2-3-5-17(15)18(16)12-20/h2-10,21H,11H2,1H3. The molecule has 0 bridgehead atoms. The van der Waals surface area contributed by atoms with E-state index in [4.69, 9.17) is 0 Å². The predicted octanol–water partition coefficient (Wildman–Crippen LogP) is 4.32. The lowest BCUT2D eigenvalue weighted by Crippen LogP contribution is -1.94. The summed E-state index contributed by atoms with van der Waals surface area (Å²) < 4.78 is 0. The molecule has 0 saturated heterocycles. The molecule has 0 saturated carbocycles. The van der Waals surface area contributed by atoms with E-state index in [1.807, 2.05) is 49.4 Å². The Morgan fingerprint density at radius 1 is 1.05 bits per heavy atom. The molecule has 3 aromatic rings. The van der Waals surface area contributed by atoms with Crippen LogP contribution in [0.3, 0.4) is 0 Å². The average molecular weight is 273 g/mol. The quantitative estimate of drug-likeness (QED) is 0.755. The van der Waals surface area contributed by atoms with Crippen molar-refractivity contribution in [2.45, 2.75) is 13.3 Å². The van der Waals surface area contributed by atoms with Gasteiger partial charge in [-0.2, -0.15) is 5.26 Å². The summed E-state index contributed by atoms with van der Waals surface area (Å²) in [5, 5.41) is 21.2. The van der Waals surface area contributed by atoms with Crippen molar-refractivity contribution >= 4 is 10.8 Å². The fourth-order valence-corrected chi connectivity index (χ4v) is 2.64. The first-order chi connectivity index (χ1) is 10.2. The summed E-state index contributed by atoms with van der Waals surface area (Å²) in [6.07, 6.45) is 0.689. The summed E-state index contributed by atoms with van der Waals surface area (Å²) in [7, 11) is 0. The van der Waals surface area contributed by atoms with E-state index in [1.165, 1.54) is 0 Å². The first kappa shape index (κ1) is 13.2. The third-order valence-electron chi connectivity index (χ3n) is 3.78. The van der Waals surface area contributed by atoms with Crippen molar-refractivity contribution in [1.29, 1.82) is 5.26 Å². The number of nitriles is 1. The Kier molecular flexibility index (Phi) is 3.33. The Hall–Kier alpha value is -2.79. The van der Waals surface area contributed by atoms with Gasteiger partial charge in [0.1, 0.15) is 11.8 Å². The summed E-state index contributed by atoms with van der Waals surface area (Å²) in [5.41, 5.74) is 3.70. The van der Waals surface area contributed by atoms with E-state index in [2.05, 4.69) is 12.1 Å². The summed E-state index contributed by atoms with van der Waals surface area (Å²) in [6.45, 7) is 1.88. The molecule has 0 aliphatic carbocycles. The highest BCUT2D eigenvalue weighted by molar-refractivity contribution is 5.89. The van der Waals surface area contributed by atoms with Crippen LogP contribution in [-0.2, 0) is 6.42 Å². The highest BCUT2D eigenvalue weighted by Crippen LogP contribution is 2.25. The largest absolute Gasteiger partial charge is 0.508 e. The van der Waals surface area contributed by atoms with Crippen molar-refractivity contribution in [2.75, 3.05) is 0 Å². The van der Waals surface area contributed by atoms with Gasteiger partial charge in [0, 0.05) is 0 Å². The molecule has 3 rings (SSSR count). The Labute approximate surface area is 123 Å². The molecule has 0 aromatic heterocycles. The van der Waals surface area contributed by atoms with Gasteiger partial charge in [0.15, 0.2) is 0 Å². The number of fused-ring (bicyclic) bond motifs is 1. The first-order valence-electron chi connectivity index (χ1n) is 6.88. The summed E-state index contributed by atoms with van der Waals surface area (Å²) in [5.74, 6) is 0.303. The maximum atomic E-state index is 9.60. The highest BCUT2D eigenvalue weighted by Gasteiger charge is 2.08. The molecular weight excluding hydrogens is 258 g/mol. The number of hydrogen-bond acceptors (Lipinski definition) is 2. The van der Waals surface area contributed by atoms with E-state index in [1.54, 1.807) is 6.07 Å². The summed E-state index contributed by atoms with van der Waals surface area (Å²) >= 11 is 0. The van der Waals surface area contributed by atoms with Crippen LogP contribution in [0.25, 0.3) is 10.8 Å². The van der Waals surface area contributed by atoms with Gasteiger partial charge in [-0.3, -0.25) is 0 Å². The van der Waals surface area contributed by atoms with Crippen LogP contribution >= 0.6 is 0 Å². The number of phenols is 1. The molecular formula is C19H15NO. The molecule has 2 heteroatoms. The molecule has 0 atom stereocenters. The third-order valence-corrected chi connectivity index (χ3v) is 3.78. The Balaban J connectivity index is 2.08.